The molecule has 3 N–H and O–H groups in total. The molecular formula is C15H20Cl3NO2. The molecule has 1 aromatic carbocycles. The first-order valence-corrected chi connectivity index (χ1v) is 8.05. The summed E-state index contributed by atoms with van der Waals surface area (Å²) in [4.78, 5) is 11.0. The van der Waals surface area contributed by atoms with E-state index in [1.807, 2.05) is 13.0 Å². The number of carboxylic acids is 1. The van der Waals surface area contributed by atoms with Gasteiger partial charge < -0.3 is 10.8 Å². The first kappa shape index (κ1) is 18.6. The van der Waals surface area contributed by atoms with Crippen molar-refractivity contribution < 1.29 is 9.90 Å². The molecule has 0 radical (unpaired) electrons. The molecular weight excluding hydrogens is 333 g/mol. The second-order valence-electron chi connectivity index (χ2n) is 5.34. The Hall–Kier alpha value is -0.480. The first-order chi connectivity index (χ1) is 9.86. The summed E-state index contributed by atoms with van der Waals surface area (Å²) in [5, 5.41) is 10.3. The second-order valence-corrected chi connectivity index (χ2v) is 6.50. The van der Waals surface area contributed by atoms with Crippen molar-refractivity contribution in [3.05, 3.63) is 32.8 Å². The lowest BCUT2D eigenvalue weighted by molar-refractivity contribution is -0.141. The van der Waals surface area contributed by atoms with E-state index in [0.29, 0.717) is 27.4 Å². The maximum absolute atomic E-state index is 11.0. The smallest absolute Gasteiger partial charge is 0.307 e. The van der Waals surface area contributed by atoms with Gasteiger partial charge in [-0.15, -0.1) is 0 Å². The van der Waals surface area contributed by atoms with Gasteiger partial charge in [-0.3, -0.25) is 4.79 Å². The van der Waals surface area contributed by atoms with Gasteiger partial charge in [0.15, 0.2) is 0 Å². The molecule has 0 amide bonds. The lowest BCUT2D eigenvalue weighted by Crippen LogP contribution is -2.25. The summed E-state index contributed by atoms with van der Waals surface area (Å²) in [6, 6.07) is 3.62. The van der Waals surface area contributed by atoms with Crippen LogP contribution in [0.4, 0.5) is 0 Å². The summed E-state index contributed by atoms with van der Waals surface area (Å²) in [5.41, 5.74) is 6.43. The highest BCUT2D eigenvalue weighted by molar-refractivity contribution is 6.48. The number of aliphatic carboxylic acids is 1. The maximum Gasteiger partial charge on any atom is 0.307 e. The van der Waals surface area contributed by atoms with E-state index in [4.69, 9.17) is 45.6 Å². The molecule has 2 atom stereocenters. The van der Waals surface area contributed by atoms with E-state index in [1.165, 1.54) is 0 Å². The molecule has 0 spiro atoms. The summed E-state index contributed by atoms with van der Waals surface area (Å²) in [5.74, 6) is -0.985. The number of hydrogen-bond donors (Lipinski definition) is 2. The zero-order valence-electron chi connectivity index (χ0n) is 11.9. The molecule has 0 aliphatic heterocycles. The molecule has 0 aliphatic carbocycles. The van der Waals surface area contributed by atoms with Gasteiger partial charge in [0.05, 0.1) is 21.0 Å². The molecule has 6 heteroatoms. The Morgan fingerprint density at radius 2 is 1.95 bits per heavy atom. The van der Waals surface area contributed by atoms with Crippen LogP contribution in [-0.4, -0.2) is 17.6 Å². The summed E-state index contributed by atoms with van der Waals surface area (Å²) >= 11 is 18.0. The minimum Gasteiger partial charge on any atom is -0.481 e. The van der Waals surface area contributed by atoms with Crippen molar-refractivity contribution in [2.24, 2.45) is 17.6 Å². The zero-order chi connectivity index (χ0) is 16.0. The monoisotopic (exact) mass is 351 g/mol. The standard InChI is InChI=1S/C15H20Cl3NO2/c1-9(7-11(8-19)15(20)21)3-2-4-10-5-6-12(16)14(18)13(10)17/h5-6,9,11H,2-4,7-8,19H2,1H3,(H,20,21). The van der Waals surface area contributed by atoms with E-state index < -0.39 is 11.9 Å². The maximum atomic E-state index is 11.0. The minimum atomic E-state index is -0.822. The van der Waals surface area contributed by atoms with Crippen molar-refractivity contribution in [1.82, 2.24) is 0 Å². The third-order valence-corrected chi connectivity index (χ3v) is 4.91. The Balaban J connectivity index is 2.47. The van der Waals surface area contributed by atoms with Crippen molar-refractivity contribution in [3.8, 4) is 0 Å². The predicted octanol–water partition coefficient (Wildman–Crippen LogP) is 4.66. The average molecular weight is 353 g/mol. The van der Waals surface area contributed by atoms with Gasteiger partial charge in [0.2, 0.25) is 0 Å². The summed E-state index contributed by atoms with van der Waals surface area (Å²) in [6.07, 6.45) is 3.22. The third kappa shape index (κ3) is 5.67. The summed E-state index contributed by atoms with van der Waals surface area (Å²) in [7, 11) is 0. The largest absolute Gasteiger partial charge is 0.481 e. The quantitative estimate of drug-likeness (QED) is 0.669. The van der Waals surface area contributed by atoms with Gasteiger partial charge in [-0.25, -0.2) is 0 Å². The average Bonchev–Trinajstić information content (AvgIpc) is 2.44. The van der Waals surface area contributed by atoms with Gasteiger partial charge in [0.25, 0.3) is 0 Å². The van der Waals surface area contributed by atoms with Crippen LogP contribution in [0, 0.1) is 11.8 Å². The van der Waals surface area contributed by atoms with E-state index in [0.717, 1.165) is 24.8 Å². The highest BCUT2D eigenvalue weighted by atomic mass is 35.5. The zero-order valence-corrected chi connectivity index (χ0v) is 14.2. The van der Waals surface area contributed by atoms with Crippen LogP contribution in [0.5, 0.6) is 0 Å². The van der Waals surface area contributed by atoms with E-state index in [9.17, 15) is 4.79 Å². The van der Waals surface area contributed by atoms with Crippen LogP contribution >= 0.6 is 34.8 Å². The van der Waals surface area contributed by atoms with Crippen LogP contribution in [0.1, 0.15) is 31.7 Å². The number of nitrogens with two attached hydrogens (primary N) is 1. The number of carboxylic acid groups (broad SMARTS) is 1. The molecule has 0 saturated heterocycles. The highest BCUT2D eigenvalue weighted by Gasteiger charge is 2.18. The topological polar surface area (TPSA) is 63.3 Å². The van der Waals surface area contributed by atoms with E-state index in [1.54, 1.807) is 6.07 Å². The molecule has 0 saturated carbocycles. The number of rotatable bonds is 8. The fourth-order valence-electron chi connectivity index (χ4n) is 2.30. The Kier molecular flexibility index (Phi) is 7.82. The van der Waals surface area contributed by atoms with Crippen LogP contribution in [0.3, 0.4) is 0 Å². The molecule has 0 aromatic heterocycles. The molecule has 21 heavy (non-hydrogen) atoms. The number of carbonyl (C=O) groups is 1. The Bertz CT molecular complexity index is 494. The molecule has 2 unspecified atom stereocenters. The first-order valence-electron chi connectivity index (χ1n) is 6.92. The molecule has 1 aromatic rings. The van der Waals surface area contributed by atoms with Crippen LogP contribution in [0.25, 0.3) is 0 Å². The van der Waals surface area contributed by atoms with Crippen molar-refractivity contribution >= 4 is 40.8 Å². The number of aryl methyl sites for hydroxylation is 1. The minimum absolute atomic E-state index is 0.179. The number of benzene rings is 1. The SMILES string of the molecule is CC(CCCc1ccc(Cl)c(Cl)c1Cl)CC(CN)C(=O)O. The van der Waals surface area contributed by atoms with Gasteiger partial charge >= 0.3 is 5.97 Å². The van der Waals surface area contributed by atoms with Crippen molar-refractivity contribution in [3.63, 3.8) is 0 Å². The lowest BCUT2D eigenvalue weighted by Gasteiger charge is -2.16. The molecule has 0 heterocycles. The molecule has 3 nitrogen and oxygen atoms in total. The Labute approximate surface area is 140 Å². The molecule has 0 aliphatic rings. The second kappa shape index (κ2) is 8.84. The van der Waals surface area contributed by atoms with Crippen molar-refractivity contribution in [1.29, 1.82) is 0 Å². The van der Waals surface area contributed by atoms with Crippen LogP contribution in [-0.2, 0) is 11.2 Å². The fraction of sp³-hybridized carbons (Fsp3) is 0.533. The predicted molar refractivity (Wildman–Crippen MR) is 88.4 cm³/mol. The molecule has 1 rings (SSSR count). The lowest BCUT2D eigenvalue weighted by atomic mass is 9.91. The Morgan fingerprint density at radius 3 is 2.52 bits per heavy atom. The molecule has 118 valence electrons. The molecule has 0 bridgehead atoms. The highest BCUT2D eigenvalue weighted by Crippen LogP contribution is 2.33. The normalized spacial score (nSPS) is 14.0. The van der Waals surface area contributed by atoms with E-state index in [2.05, 4.69) is 0 Å². The van der Waals surface area contributed by atoms with Gasteiger partial charge in [0, 0.05) is 6.54 Å². The van der Waals surface area contributed by atoms with Gasteiger partial charge in [0.1, 0.15) is 0 Å². The Morgan fingerprint density at radius 1 is 1.29 bits per heavy atom. The van der Waals surface area contributed by atoms with Crippen LogP contribution in [0.2, 0.25) is 15.1 Å². The van der Waals surface area contributed by atoms with Crippen LogP contribution in [0.15, 0.2) is 12.1 Å². The van der Waals surface area contributed by atoms with Gasteiger partial charge in [-0.1, -0.05) is 54.2 Å². The summed E-state index contributed by atoms with van der Waals surface area (Å²) in [6.45, 7) is 2.22. The van der Waals surface area contributed by atoms with Crippen molar-refractivity contribution in [2.45, 2.75) is 32.6 Å². The number of halogens is 3. The van der Waals surface area contributed by atoms with E-state index >= 15 is 0 Å². The number of hydrogen-bond acceptors (Lipinski definition) is 2. The van der Waals surface area contributed by atoms with Crippen molar-refractivity contribution in [2.75, 3.05) is 6.54 Å². The fourth-order valence-corrected chi connectivity index (χ4v) is 2.95. The van der Waals surface area contributed by atoms with E-state index in [-0.39, 0.29) is 6.54 Å². The molecule has 0 fully saturated rings. The summed E-state index contributed by atoms with van der Waals surface area (Å²) < 4.78 is 0. The van der Waals surface area contributed by atoms with Gasteiger partial charge in [-0.2, -0.15) is 0 Å². The van der Waals surface area contributed by atoms with Gasteiger partial charge in [-0.05, 0) is 36.8 Å². The third-order valence-electron chi connectivity index (χ3n) is 3.58. The van der Waals surface area contributed by atoms with Crippen LogP contribution < -0.4 is 5.73 Å².